The van der Waals surface area contributed by atoms with E-state index >= 15 is 0 Å². The van der Waals surface area contributed by atoms with Crippen LogP contribution in [-0.4, -0.2) is 4.57 Å². The number of furan rings is 1. The van der Waals surface area contributed by atoms with Crippen LogP contribution in [-0.2, 0) is 0 Å². The summed E-state index contributed by atoms with van der Waals surface area (Å²) >= 11 is 0. The lowest BCUT2D eigenvalue weighted by atomic mass is 10.0. The summed E-state index contributed by atoms with van der Waals surface area (Å²) in [4.78, 5) is 0. The van der Waals surface area contributed by atoms with Crippen LogP contribution in [0, 0.1) is 22.7 Å². The Balaban J connectivity index is 1.66. The highest BCUT2D eigenvalue weighted by molar-refractivity contribution is 6.24. The molecule has 0 aliphatic carbocycles. The van der Waals surface area contributed by atoms with Gasteiger partial charge in [-0.1, -0.05) is 54.6 Å². The fourth-order valence-corrected chi connectivity index (χ4v) is 5.24. The number of benzene rings is 5. The van der Waals surface area contributed by atoms with Crippen molar-refractivity contribution in [1.29, 1.82) is 10.5 Å². The van der Waals surface area contributed by atoms with Crippen molar-refractivity contribution in [3.05, 3.63) is 114 Å². The summed E-state index contributed by atoms with van der Waals surface area (Å²) < 4.78 is 8.56. The van der Waals surface area contributed by atoms with E-state index in [9.17, 15) is 10.5 Å². The van der Waals surface area contributed by atoms with Gasteiger partial charge in [-0.15, -0.1) is 0 Å². The molecule has 0 bridgehead atoms. The predicted molar refractivity (Wildman–Crippen MR) is 143 cm³/mol. The van der Waals surface area contributed by atoms with E-state index in [0.717, 1.165) is 60.6 Å². The smallest absolute Gasteiger partial charge is 0.145 e. The number of rotatable bonds is 2. The number of fused-ring (bicyclic) bond motifs is 7. The summed E-state index contributed by atoms with van der Waals surface area (Å²) in [7, 11) is 0. The van der Waals surface area contributed by atoms with Gasteiger partial charge >= 0.3 is 0 Å². The zero-order chi connectivity index (χ0) is 24.2. The second-order valence-electron chi connectivity index (χ2n) is 8.86. The van der Waals surface area contributed by atoms with Crippen molar-refractivity contribution in [2.24, 2.45) is 0 Å². The molecule has 5 aromatic carbocycles. The molecule has 0 saturated heterocycles. The molecule has 0 N–H and O–H groups in total. The van der Waals surface area contributed by atoms with Crippen molar-refractivity contribution in [1.82, 2.24) is 4.57 Å². The normalized spacial score (nSPS) is 11.3. The summed E-state index contributed by atoms with van der Waals surface area (Å²) in [5, 5.41) is 23.4. The first kappa shape index (κ1) is 20.1. The van der Waals surface area contributed by atoms with Crippen LogP contribution in [0.25, 0.3) is 60.6 Å². The van der Waals surface area contributed by atoms with Crippen molar-refractivity contribution in [2.75, 3.05) is 0 Å². The van der Waals surface area contributed by atoms with Gasteiger partial charge < -0.3 is 8.98 Å². The third-order valence-electron chi connectivity index (χ3n) is 6.81. The third-order valence-corrected chi connectivity index (χ3v) is 6.81. The lowest BCUT2D eigenvalue weighted by Crippen LogP contribution is -1.96. The minimum atomic E-state index is 0.449. The number of para-hydroxylation sites is 1. The number of nitrogens with zero attached hydrogens (tertiary/aromatic N) is 3. The van der Waals surface area contributed by atoms with Gasteiger partial charge in [0.05, 0.1) is 39.7 Å². The molecule has 0 amide bonds. The summed E-state index contributed by atoms with van der Waals surface area (Å²) in [6, 6.07) is 38.7. The van der Waals surface area contributed by atoms with Gasteiger partial charge in [0.2, 0.25) is 0 Å². The Morgan fingerprint density at radius 3 is 2.08 bits per heavy atom. The van der Waals surface area contributed by atoms with E-state index in [1.807, 2.05) is 48.5 Å². The quantitative estimate of drug-likeness (QED) is 0.262. The van der Waals surface area contributed by atoms with Crippen LogP contribution in [0.5, 0.6) is 0 Å². The van der Waals surface area contributed by atoms with E-state index in [0.29, 0.717) is 11.1 Å². The first-order chi connectivity index (χ1) is 17.7. The Hall–Kier alpha value is -5.32. The molecule has 0 atom stereocenters. The fourth-order valence-electron chi connectivity index (χ4n) is 5.24. The molecule has 4 nitrogen and oxygen atoms in total. The average molecular weight is 460 g/mol. The minimum Gasteiger partial charge on any atom is -0.455 e. The van der Waals surface area contributed by atoms with Gasteiger partial charge in [0.1, 0.15) is 11.2 Å². The van der Waals surface area contributed by atoms with Crippen LogP contribution in [0.2, 0.25) is 0 Å². The van der Waals surface area contributed by atoms with E-state index in [1.165, 1.54) is 0 Å². The second-order valence-corrected chi connectivity index (χ2v) is 8.86. The Morgan fingerprint density at radius 2 is 1.31 bits per heavy atom. The van der Waals surface area contributed by atoms with E-state index < -0.39 is 0 Å². The highest BCUT2D eigenvalue weighted by Crippen LogP contribution is 2.41. The highest BCUT2D eigenvalue weighted by Gasteiger charge is 2.19. The third kappa shape index (κ3) is 2.86. The molecule has 4 heteroatoms. The summed E-state index contributed by atoms with van der Waals surface area (Å²) in [6.45, 7) is 0. The van der Waals surface area contributed by atoms with Crippen LogP contribution in [0.15, 0.2) is 108 Å². The Kier molecular flexibility index (Phi) is 4.24. The fraction of sp³-hybridized carbons (Fsp3) is 0. The lowest BCUT2D eigenvalue weighted by Gasteiger charge is -2.09. The van der Waals surface area contributed by atoms with Crippen LogP contribution in [0.1, 0.15) is 11.1 Å². The first-order valence-electron chi connectivity index (χ1n) is 11.6. The molecule has 0 aliphatic heterocycles. The molecule has 2 aromatic heterocycles. The average Bonchev–Trinajstić information content (AvgIpc) is 3.48. The van der Waals surface area contributed by atoms with Gasteiger partial charge in [-0.2, -0.15) is 10.5 Å². The first-order valence-corrected chi connectivity index (χ1v) is 11.6. The summed E-state index contributed by atoms with van der Waals surface area (Å²) in [6.07, 6.45) is 0. The topological polar surface area (TPSA) is 65.7 Å². The predicted octanol–water partition coefficient (Wildman–Crippen LogP) is 8.09. The molecule has 2 heterocycles. The summed E-state index contributed by atoms with van der Waals surface area (Å²) in [5.41, 5.74) is 7.53. The molecule has 166 valence electrons. The maximum absolute atomic E-state index is 9.61. The highest BCUT2D eigenvalue weighted by atomic mass is 16.3. The van der Waals surface area contributed by atoms with Gasteiger partial charge in [-0.25, -0.2) is 0 Å². The van der Waals surface area contributed by atoms with Crippen LogP contribution in [0.3, 0.4) is 0 Å². The van der Waals surface area contributed by atoms with Crippen molar-refractivity contribution in [3.8, 4) is 29.0 Å². The molecule has 7 rings (SSSR count). The zero-order valence-electron chi connectivity index (χ0n) is 19.1. The molecule has 0 unspecified atom stereocenters. The van der Waals surface area contributed by atoms with Crippen molar-refractivity contribution in [3.63, 3.8) is 0 Å². The van der Waals surface area contributed by atoms with Gasteiger partial charge in [0, 0.05) is 21.8 Å². The maximum atomic E-state index is 9.61. The SMILES string of the molecule is N#Cc1cc(C#N)cc(-n2c3ccc(-c4ccccc4)cc3c3c4oc5ccccc5c4ccc32)c1. The monoisotopic (exact) mass is 459 g/mol. The lowest BCUT2D eigenvalue weighted by molar-refractivity contribution is 0.673. The number of aromatic nitrogens is 1. The molecule has 0 aliphatic rings. The molecule has 7 aromatic rings. The van der Waals surface area contributed by atoms with Gasteiger partial charge in [-0.3, -0.25) is 0 Å². The van der Waals surface area contributed by atoms with E-state index in [4.69, 9.17) is 4.42 Å². The van der Waals surface area contributed by atoms with Crippen molar-refractivity contribution in [2.45, 2.75) is 0 Å². The van der Waals surface area contributed by atoms with Crippen molar-refractivity contribution < 1.29 is 4.42 Å². The molecule has 0 spiro atoms. The van der Waals surface area contributed by atoms with E-state index in [-0.39, 0.29) is 0 Å². The van der Waals surface area contributed by atoms with E-state index in [2.05, 4.69) is 65.2 Å². The molecular formula is C32H17N3O. The molecule has 36 heavy (non-hydrogen) atoms. The Labute approximate surface area is 206 Å². The number of hydrogen-bond acceptors (Lipinski definition) is 3. The minimum absolute atomic E-state index is 0.449. The Bertz CT molecular complexity index is 2030. The Morgan fingerprint density at radius 1 is 0.583 bits per heavy atom. The van der Waals surface area contributed by atoms with Gasteiger partial charge in [0.25, 0.3) is 0 Å². The van der Waals surface area contributed by atoms with Crippen LogP contribution < -0.4 is 0 Å². The molecular weight excluding hydrogens is 442 g/mol. The maximum Gasteiger partial charge on any atom is 0.145 e. The number of nitriles is 2. The molecule has 0 radical (unpaired) electrons. The van der Waals surface area contributed by atoms with Crippen LogP contribution in [0.4, 0.5) is 0 Å². The van der Waals surface area contributed by atoms with Gasteiger partial charge in [0.15, 0.2) is 0 Å². The summed E-state index contributed by atoms with van der Waals surface area (Å²) in [5.74, 6) is 0. The van der Waals surface area contributed by atoms with Crippen LogP contribution >= 0.6 is 0 Å². The van der Waals surface area contributed by atoms with Crippen molar-refractivity contribution >= 4 is 43.7 Å². The standard InChI is InChI=1S/C32H17N3O/c33-18-20-14-21(19-34)16-24(15-20)35-28-12-10-23(22-6-2-1-3-7-22)17-27(28)31-29(35)13-11-26-25-8-4-5-9-30(25)36-32(26)31/h1-17H. The van der Waals surface area contributed by atoms with E-state index in [1.54, 1.807) is 6.07 Å². The second kappa shape index (κ2) is 7.60. The zero-order valence-corrected chi connectivity index (χ0v) is 19.1. The number of hydrogen-bond donors (Lipinski definition) is 0. The largest absolute Gasteiger partial charge is 0.455 e. The molecule has 0 saturated carbocycles. The molecule has 0 fully saturated rings. The van der Waals surface area contributed by atoms with Gasteiger partial charge in [-0.05, 0) is 59.7 Å².